The van der Waals surface area contributed by atoms with E-state index in [1.807, 2.05) is 30.3 Å². The first kappa shape index (κ1) is 22.0. The van der Waals surface area contributed by atoms with E-state index < -0.39 is 0 Å². The number of piperazine rings is 1. The lowest BCUT2D eigenvalue weighted by Gasteiger charge is -2.37. The molecule has 1 aliphatic rings. The normalized spacial score (nSPS) is 14.4. The van der Waals surface area contributed by atoms with E-state index >= 15 is 0 Å². The van der Waals surface area contributed by atoms with E-state index in [1.54, 1.807) is 6.20 Å². The molecule has 0 radical (unpaired) electrons. The Labute approximate surface area is 191 Å². The molecule has 1 amide bonds. The third-order valence-electron chi connectivity index (χ3n) is 6.30. The van der Waals surface area contributed by atoms with Crippen molar-refractivity contribution in [3.8, 4) is 0 Å². The summed E-state index contributed by atoms with van der Waals surface area (Å²) in [4.78, 5) is 21.7. The lowest BCUT2D eigenvalue weighted by atomic mass is 10.1. The first-order chi connectivity index (χ1) is 15.6. The lowest BCUT2D eigenvalue weighted by molar-refractivity contribution is 0.0954. The molecule has 0 aliphatic carbocycles. The molecule has 0 saturated carbocycles. The zero-order valence-corrected chi connectivity index (χ0v) is 19.1. The van der Waals surface area contributed by atoms with Gasteiger partial charge in [-0.1, -0.05) is 30.3 Å². The van der Waals surface area contributed by atoms with Gasteiger partial charge >= 0.3 is 0 Å². The Kier molecular flexibility index (Phi) is 7.17. The van der Waals surface area contributed by atoms with Gasteiger partial charge in [0.15, 0.2) is 0 Å². The van der Waals surface area contributed by atoms with E-state index in [2.05, 4.69) is 64.3 Å². The van der Waals surface area contributed by atoms with Crippen LogP contribution in [0.2, 0.25) is 0 Å². The highest BCUT2D eigenvalue weighted by molar-refractivity contribution is 5.94. The first-order valence-electron chi connectivity index (χ1n) is 11.4. The Morgan fingerprint density at radius 3 is 2.44 bits per heavy atom. The summed E-state index contributed by atoms with van der Waals surface area (Å²) in [7, 11) is 0. The molecule has 0 spiro atoms. The van der Waals surface area contributed by atoms with E-state index in [1.165, 1.54) is 22.4 Å². The quantitative estimate of drug-likeness (QED) is 0.618. The predicted octanol–water partition coefficient (Wildman–Crippen LogP) is 3.99. The highest BCUT2D eigenvalue weighted by Crippen LogP contribution is 2.24. The van der Waals surface area contributed by atoms with Crippen LogP contribution in [0.4, 0.5) is 5.69 Å². The van der Waals surface area contributed by atoms with Gasteiger partial charge in [0.1, 0.15) is 0 Å². The average molecular weight is 429 g/mol. The smallest absolute Gasteiger partial charge is 0.251 e. The van der Waals surface area contributed by atoms with Crippen molar-refractivity contribution in [1.82, 2.24) is 15.2 Å². The molecule has 5 heteroatoms. The highest BCUT2D eigenvalue weighted by atomic mass is 16.1. The van der Waals surface area contributed by atoms with Crippen LogP contribution >= 0.6 is 0 Å². The van der Waals surface area contributed by atoms with Crippen LogP contribution in [-0.2, 0) is 13.0 Å². The molecule has 0 unspecified atom stereocenters. The van der Waals surface area contributed by atoms with Crippen LogP contribution in [0.25, 0.3) is 0 Å². The molecule has 1 fully saturated rings. The van der Waals surface area contributed by atoms with Crippen LogP contribution in [0, 0.1) is 13.8 Å². The predicted molar refractivity (Wildman–Crippen MR) is 130 cm³/mol. The molecule has 1 aliphatic heterocycles. The van der Waals surface area contributed by atoms with E-state index in [-0.39, 0.29) is 5.91 Å². The molecule has 3 aromatic rings. The summed E-state index contributed by atoms with van der Waals surface area (Å²) in [6, 6.07) is 20.4. The minimum atomic E-state index is -0.0328. The van der Waals surface area contributed by atoms with Crippen LogP contribution in [0.1, 0.15) is 32.7 Å². The average Bonchev–Trinajstić information content (AvgIpc) is 2.83. The van der Waals surface area contributed by atoms with Crippen molar-refractivity contribution in [2.24, 2.45) is 0 Å². The summed E-state index contributed by atoms with van der Waals surface area (Å²) in [5.41, 5.74) is 7.04. The van der Waals surface area contributed by atoms with Crippen LogP contribution in [0.5, 0.6) is 0 Å². The van der Waals surface area contributed by atoms with Gasteiger partial charge < -0.3 is 10.2 Å². The molecule has 1 saturated heterocycles. The Balaban J connectivity index is 1.24. The number of carbonyl (C=O) groups excluding carboxylic acids is 1. The van der Waals surface area contributed by atoms with Crippen molar-refractivity contribution < 1.29 is 4.79 Å². The van der Waals surface area contributed by atoms with Crippen molar-refractivity contribution in [1.29, 1.82) is 0 Å². The monoisotopic (exact) mass is 428 g/mol. The van der Waals surface area contributed by atoms with Gasteiger partial charge in [-0.05, 0) is 60.9 Å². The van der Waals surface area contributed by atoms with E-state index in [0.717, 1.165) is 44.8 Å². The first-order valence-corrected chi connectivity index (χ1v) is 11.4. The molecule has 5 nitrogen and oxygen atoms in total. The maximum atomic E-state index is 12.4. The van der Waals surface area contributed by atoms with Gasteiger partial charge in [-0.25, -0.2) is 0 Å². The molecule has 2 heterocycles. The number of aryl methyl sites for hydroxylation is 1. The highest BCUT2D eigenvalue weighted by Gasteiger charge is 2.19. The Bertz CT molecular complexity index is 1030. The molecule has 1 aromatic heterocycles. The number of aromatic nitrogens is 1. The van der Waals surface area contributed by atoms with Crippen molar-refractivity contribution in [2.45, 2.75) is 26.8 Å². The number of carbonyl (C=O) groups is 1. The largest absolute Gasteiger partial charge is 0.369 e. The fourth-order valence-electron chi connectivity index (χ4n) is 4.20. The zero-order chi connectivity index (χ0) is 22.3. The number of amides is 1. The summed E-state index contributed by atoms with van der Waals surface area (Å²) < 4.78 is 0. The van der Waals surface area contributed by atoms with E-state index in [4.69, 9.17) is 0 Å². The summed E-state index contributed by atoms with van der Waals surface area (Å²) in [6.07, 6.45) is 2.51. The lowest BCUT2D eigenvalue weighted by Crippen LogP contribution is -2.46. The second-order valence-electron chi connectivity index (χ2n) is 8.51. The third-order valence-corrected chi connectivity index (χ3v) is 6.30. The maximum absolute atomic E-state index is 12.4. The topological polar surface area (TPSA) is 48.5 Å². The third kappa shape index (κ3) is 5.54. The standard InChI is InChI=1S/C27H32N4O/c1-21-6-5-8-26(22(21)2)31-18-16-30(17-19-31)20-23-9-11-24(12-10-23)27(32)29-15-13-25-7-3-4-14-28-25/h3-12,14H,13,15-20H2,1-2H3,(H,29,32). The van der Waals surface area contributed by atoms with Crippen molar-refractivity contribution in [2.75, 3.05) is 37.6 Å². The molecule has 32 heavy (non-hydrogen) atoms. The number of hydrogen-bond acceptors (Lipinski definition) is 4. The fraction of sp³-hybridized carbons (Fsp3) is 0.333. The molecule has 166 valence electrons. The molecule has 0 atom stereocenters. The van der Waals surface area contributed by atoms with Gasteiger partial charge in [0.2, 0.25) is 0 Å². The SMILES string of the molecule is Cc1cccc(N2CCN(Cc3ccc(C(=O)NCCc4ccccn4)cc3)CC2)c1C. The second-order valence-corrected chi connectivity index (χ2v) is 8.51. The van der Waals surface area contributed by atoms with Crippen LogP contribution in [0.3, 0.4) is 0 Å². The van der Waals surface area contributed by atoms with Gasteiger partial charge in [0, 0.05) is 68.8 Å². The van der Waals surface area contributed by atoms with Crippen molar-refractivity contribution in [3.05, 3.63) is 94.8 Å². The van der Waals surface area contributed by atoms with Crippen molar-refractivity contribution >= 4 is 11.6 Å². The van der Waals surface area contributed by atoms with Gasteiger partial charge in [-0.15, -0.1) is 0 Å². The summed E-state index contributed by atoms with van der Waals surface area (Å²) in [6.45, 7) is 10.1. The van der Waals surface area contributed by atoms with E-state index in [9.17, 15) is 4.79 Å². The Hall–Kier alpha value is -3.18. The van der Waals surface area contributed by atoms with E-state index in [0.29, 0.717) is 12.1 Å². The molecular formula is C27H32N4O. The molecular weight excluding hydrogens is 396 g/mol. The van der Waals surface area contributed by atoms with Gasteiger partial charge in [0.05, 0.1) is 0 Å². The van der Waals surface area contributed by atoms with Crippen LogP contribution < -0.4 is 10.2 Å². The minimum Gasteiger partial charge on any atom is -0.369 e. The summed E-state index contributed by atoms with van der Waals surface area (Å²) in [5.74, 6) is -0.0328. The van der Waals surface area contributed by atoms with Gasteiger partial charge in [-0.3, -0.25) is 14.7 Å². The van der Waals surface area contributed by atoms with Crippen LogP contribution in [-0.4, -0.2) is 48.5 Å². The number of benzene rings is 2. The Morgan fingerprint density at radius 1 is 0.938 bits per heavy atom. The molecule has 4 rings (SSSR count). The molecule has 2 aromatic carbocycles. The number of rotatable bonds is 7. The number of hydrogen-bond donors (Lipinski definition) is 1. The number of nitrogens with zero attached hydrogens (tertiary/aromatic N) is 3. The van der Waals surface area contributed by atoms with Gasteiger partial charge in [0.25, 0.3) is 5.91 Å². The zero-order valence-electron chi connectivity index (χ0n) is 19.1. The molecule has 0 bridgehead atoms. The van der Waals surface area contributed by atoms with Gasteiger partial charge in [-0.2, -0.15) is 0 Å². The Morgan fingerprint density at radius 2 is 1.72 bits per heavy atom. The number of anilines is 1. The fourth-order valence-corrected chi connectivity index (χ4v) is 4.20. The van der Waals surface area contributed by atoms with Crippen LogP contribution in [0.15, 0.2) is 66.9 Å². The summed E-state index contributed by atoms with van der Waals surface area (Å²) in [5, 5.41) is 2.98. The van der Waals surface area contributed by atoms with Crippen molar-refractivity contribution in [3.63, 3.8) is 0 Å². The second kappa shape index (κ2) is 10.4. The number of pyridine rings is 1. The maximum Gasteiger partial charge on any atom is 0.251 e. The summed E-state index contributed by atoms with van der Waals surface area (Å²) >= 11 is 0. The number of nitrogens with one attached hydrogen (secondary N) is 1. The molecule has 1 N–H and O–H groups in total. The minimum absolute atomic E-state index is 0.0328.